The molecule has 29 heavy (non-hydrogen) atoms. The molecule has 0 atom stereocenters. The van der Waals surface area contributed by atoms with Crippen molar-refractivity contribution in [2.75, 3.05) is 0 Å². The number of hydrogen-bond acceptors (Lipinski definition) is 3. The van der Waals surface area contributed by atoms with Gasteiger partial charge in [-0.05, 0) is 93.0 Å². The third kappa shape index (κ3) is 5.54. The van der Waals surface area contributed by atoms with E-state index in [2.05, 4.69) is 20.1 Å². The minimum atomic E-state index is -0.226. The number of hydrogen-bond donors (Lipinski definition) is 3. The molecule has 1 aliphatic rings. The number of aliphatic hydroxyl groups is 2. The van der Waals surface area contributed by atoms with E-state index in [4.69, 9.17) is 0 Å². The average molecular weight is 393 g/mol. The largest absolute Gasteiger partial charge is 0.508 e. The number of allylic oxidation sites excluding steroid dienone is 8. The predicted octanol–water partition coefficient (Wildman–Crippen LogP) is 7.18. The van der Waals surface area contributed by atoms with E-state index < -0.39 is 0 Å². The van der Waals surface area contributed by atoms with Gasteiger partial charge < -0.3 is 15.3 Å². The maximum absolute atomic E-state index is 9.79. The molecule has 3 heteroatoms. The third-order valence-corrected chi connectivity index (χ3v) is 6.04. The molecule has 1 aliphatic carbocycles. The molecule has 1 aromatic carbocycles. The van der Waals surface area contributed by atoms with Gasteiger partial charge in [0.05, 0.1) is 0 Å². The van der Waals surface area contributed by atoms with Crippen molar-refractivity contribution in [3.63, 3.8) is 0 Å². The molecule has 2 rings (SSSR count). The predicted molar refractivity (Wildman–Crippen MR) is 121 cm³/mol. The Hall–Kier alpha value is -2.94. The maximum Gasteiger partial charge on any atom is 0.115 e. The molecule has 0 heterocycles. The van der Waals surface area contributed by atoms with Crippen LogP contribution in [0.5, 0.6) is 5.75 Å². The fourth-order valence-electron chi connectivity index (χ4n) is 4.04. The summed E-state index contributed by atoms with van der Waals surface area (Å²) in [5, 5.41) is 29.1. The summed E-state index contributed by atoms with van der Waals surface area (Å²) >= 11 is 0. The molecule has 0 saturated heterocycles. The molecule has 0 aromatic heterocycles. The van der Waals surface area contributed by atoms with Gasteiger partial charge in [-0.2, -0.15) is 0 Å². The summed E-state index contributed by atoms with van der Waals surface area (Å²) in [6, 6.07) is 7.48. The van der Waals surface area contributed by atoms with Crippen LogP contribution in [-0.2, 0) is 0 Å². The van der Waals surface area contributed by atoms with Crippen LogP contribution in [0.1, 0.15) is 51.0 Å². The number of rotatable bonds is 7. The average Bonchev–Trinajstić information content (AvgIpc) is 2.75. The molecule has 0 bridgehead atoms. The number of aromatic hydroxyl groups is 1. The Morgan fingerprint density at radius 1 is 1.03 bits per heavy atom. The van der Waals surface area contributed by atoms with Crippen LogP contribution in [0.15, 0.2) is 96.5 Å². The lowest BCUT2D eigenvalue weighted by atomic mass is 9.62. The van der Waals surface area contributed by atoms with Crippen molar-refractivity contribution in [1.82, 2.24) is 0 Å². The van der Waals surface area contributed by atoms with Crippen molar-refractivity contribution in [2.24, 2.45) is 5.41 Å². The topological polar surface area (TPSA) is 60.7 Å². The molecule has 3 nitrogen and oxygen atoms in total. The highest BCUT2D eigenvalue weighted by Gasteiger charge is 2.38. The van der Waals surface area contributed by atoms with Gasteiger partial charge in [0.2, 0.25) is 0 Å². The van der Waals surface area contributed by atoms with Crippen LogP contribution in [0.4, 0.5) is 0 Å². The van der Waals surface area contributed by atoms with Crippen LogP contribution in [0.3, 0.4) is 0 Å². The molecule has 0 amide bonds. The normalized spacial score (nSPS) is 23.9. The van der Waals surface area contributed by atoms with Crippen molar-refractivity contribution in [3.8, 4) is 5.75 Å². The molecule has 0 radical (unpaired) electrons. The molecular formula is C26H32O3. The highest BCUT2D eigenvalue weighted by Crippen LogP contribution is 2.51. The minimum absolute atomic E-state index is 0.130. The molecule has 3 N–H and O–H groups in total. The van der Waals surface area contributed by atoms with E-state index in [0.29, 0.717) is 5.92 Å². The second kappa shape index (κ2) is 10.0. The van der Waals surface area contributed by atoms with Crippen molar-refractivity contribution in [3.05, 3.63) is 102 Å². The Bertz CT molecular complexity index is 842. The van der Waals surface area contributed by atoms with Gasteiger partial charge in [-0.15, -0.1) is 0 Å². The zero-order valence-corrected chi connectivity index (χ0v) is 17.4. The van der Waals surface area contributed by atoms with Crippen molar-refractivity contribution >= 4 is 0 Å². The fraction of sp³-hybridized carbons (Fsp3) is 0.308. The van der Waals surface area contributed by atoms with Gasteiger partial charge in [0.15, 0.2) is 0 Å². The lowest BCUT2D eigenvalue weighted by Gasteiger charge is -2.42. The van der Waals surface area contributed by atoms with Gasteiger partial charge in [-0.25, -0.2) is 0 Å². The Labute approximate surface area is 174 Å². The van der Waals surface area contributed by atoms with Gasteiger partial charge in [-0.1, -0.05) is 43.0 Å². The quantitative estimate of drug-likeness (QED) is 0.340. The minimum Gasteiger partial charge on any atom is -0.508 e. The highest BCUT2D eigenvalue weighted by atomic mass is 16.3. The van der Waals surface area contributed by atoms with Crippen molar-refractivity contribution in [2.45, 2.75) is 45.4 Å². The van der Waals surface area contributed by atoms with Crippen LogP contribution in [0, 0.1) is 5.41 Å². The van der Waals surface area contributed by atoms with E-state index in [-0.39, 0.29) is 22.7 Å². The fourth-order valence-corrected chi connectivity index (χ4v) is 4.04. The second-order valence-electron chi connectivity index (χ2n) is 7.67. The Morgan fingerprint density at radius 2 is 1.66 bits per heavy atom. The summed E-state index contributed by atoms with van der Waals surface area (Å²) < 4.78 is 0. The van der Waals surface area contributed by atoms with Crippen LogP contribution < -0.4 is 0 Å². The van der Waals surface area contributed by atoms with Gasteiger partial charge in [-0.3, -0.25) is 0 Å². The van der Waals surface area contributed by atoms with Gasteiger partial charge in [0.25, 0.3) is 0 Å². The lowest BCUT2D eigenvalue weighted by Crippen LogP contribution is -2.29. The van der Waals surface area contributed by atoms with Gasteiger partial charge >= 0.3 is 0 Å². The summed E-state index contributed by atoms with van der Waals surface area (Å²) in [4.78, 5) is 0. The van der Waals surface area contributed by atoms with Gasteiger partial charge in [0.1, 0.15) is 17.3 Å². The number of phenols is 1. The molecule has 1 fully saturated rings. The van der Waals surface area contributed by atoms with Crippen molar-refractivity contribution in [1.29, 1.82) is 0 Å². The highest BCUT2D eigenvalue weighted by molar-refractivity contribution is 5.39. The Kier molecular flexibility index (Phi) is 7.72. The van der Waals surface area contributed by atoms with Crippen LogP contribution in [0.25, 0.3) is 0 Å². The zero-order chi connectivity index (χ0) is 21.4. The molecular weight excluding hydrogens is 360 g/mol. The van der Waals surface area contributed by atoms with Crippen LogP contribution in [-0.4, -0.2) is 15.3 Å². The Balaban J connectivity index is 2.31. The summed E-state index contributed by atoms with van der Waals surface area (Å²) in [5.74, 6) is 1.07. The SMILES string of the molecule is C=C/C(O)=C\C=C(/C)C1(C(=C)/C=C\C(O)=C/C)CCC(c2ccc(O)cc2)CC1. The van der Waals surface area contributed by atoms with Crippen LogP contribution >= 0.6 is 0 Å². The third-order valence-electron chi connectivity index (χ3n) is 6.04. The molecule has 1 aromatic rings. The summed E-state index contributed by atoms with van der Waals surface area (Å²) in [6.07, 6.45) is 14.1. The maximum atomic E-state index is 9.79. The molecule has 0 spiro atoms. The first-order valence-electron chi connectivity index (χ1n) is 10.0. The summed E-state index contributed by atoms with van der Waals surface area (Å²) in [6.45, 7) is 11.8. The monoisotopic (exact) mass is 392 g/mol. The lowest BCUT2D eigenvalue weighted by molar-refractivity contribution is 0.270. The molecule has 1 saturated carbocycles. The number of phenolic OH excluding ortho intramolecular Hbond substituents is 1. The molecule has 0 aliphatic heterocycles. The second-order valence-corrected chi connectivity index (χ2v) is 7.67. The zero-order valence-electron chi connectivity index (χ0n) is 17.4. The molecule has 0 unspecified atom stereocenters. The van der Waals surface area contributed by atoms with E-state index >= 15 is 0 Å². The van der Waals surface area contributed by atoms with E-state index in [1.54, 1.807) is 37.3 Å². The Morgan fingerprint density at radius 3 is 2.21 bits per heavy atom. The molecule has 154 valence electrons. The van der Waals surface area contributed by atoms with E-state index in [9.17, 15) is 15.3 Å². The van der Waals surface area contributed by atoms with E-state index in [1.807, 2.05) is 24.3 Å². The smallest absolute Gasteiger partial charge is 0.115 e. The standard InChI is InChI=1S/C26H32O3/c1-5-23(27)11-7-19(3)26(20(4)8-12-24(28)6-2)17-15-22(16-18-26)21-9-13-25(29)14-10-21/h5-14,22,27-29H,1,4,15-18H2,2-3H3/b12-8-,19-7+,23-11+,24-6+. The number of aliphatic hydroxyl groups excluding tert-OH is 2. The van der Waals surface area contributed by atoms with Gasteiger partial charge in [0, 0.05) is 5.41 Å². The summed E-state index contributed by atoms with van der Waals surface area (Å²) in [5.41, 5.74) is 3.10. The first kappa shape index (κ1) is 22.4. The first-order valence-corrected chi connectivity index (χ1v) is 10.0. The first-order chi connectivity index (χ1) is 13.8. The van der Waals surface area contributed by atoms with E-state index in [1.165, 1.54) is 11.6 Å². The van der Waals surface area contributed by atoms with Crippen LogP contribution in [0.2, 0.25) is 0 Å². The number of benzene rings is 1. The summed E-state index contributed by atoms with van der Waals surface area (Å²) in [7, 11) is 0. The van der Waals surface area contributed by atoms with Crippen molar-refractivity contribution < 1.29 is 15.3 Å². The van der Waals surface area contributed by atoms with E-state index in [0.717, 1.165) is 36.8 Å².